The maximum Gasteiger partial charge on any atom is -0.0184 e. The van der Waals surface area contributed by atoms with Crippen LogP contribution in [-0.2, 0) is 6.42 Å². The van der Waals surface area contributed by atoms with E-state index in [1.54, 1.807) is 0 Å². The van der Waals surface area contributed by atoms with E-state index >= 15 is 0 Å². The van der Waals surface area contributed by atoms with Gasteiger partial charge in [0, 0.05) is 0 Å². The van der Waals surface area contributed by atoms with E-state index in [0.717, 1.165) is 0 Å². The third-order valence-electron chi connectivity index (χ3n) is 3.68. The topological polar surface area (TPSA) is 0 Å². The second-order valence-corrected chi connectivity index (χ2v) is 5.58. The van der Waals surface area contributed by atoms with Crippen molar-refractivity contribution in [3.8, 4) is 11.1 Å². The van der Waals surface area contributed by atoms with E-state index < -0.39 is 0 Å². The summed E-state index contributed by atoms with van der Waals surface area (Å²) >= 11 is 0. The summed E-state index contributed by atoms with van der Waals surface area (Å²) in [5.41, 5.74) is 5.48. The second kappa shape index (κ2) is 6.56. The molecule has 0 heteroatoms. The first-order chi connectivity index (χ1) is 9.20. The van der Waals surface area contributed by atoms with Gasteiger partial charge in [0.2, 0.25) is 0 Å². The highest BCUT2D eigenvalue weighted by Gasteiger charge is 2.01. The first kappa shape index (κ1) is 13.9. The molecule has 0 N–H and O–H groups in total. The SMILES string of the molecule is CCCCc1ccc(-c2ccc(C(C)C)cc2)cc1. The quantitative estimate of drug-likeness (QED) is 0.629. The Kier molecular flexibility index (Phi) is 4.79. The van der Waals surface area contributed by atoms with Crippen molar-refractivity contribution in [3.63, 3.8) is 0 Å². The summed E-state index contributed by atoms with van der Waals surface area (Å²) in [6.07, 6.45) is 3.74. The lowest BCUT2D eigenvalue weighted by atomic mass is 9.98. The minimum atomic E-state index is 0.602. The molecule has 0 nitrogen and oxygen atoms in total. The van der Waals surface area contributed by atoms with Crippen LogP contribution in [0.25, 0.3) is 11.1 Å². The lowest BCUT2D eigenvalue weighted by Crippen LogP contribution is -1.87. The average Bonchev–Trinajstić information content (AvgIpc) is 2.46. The van der Waals surface area contributed by atoms with E-state index in [4.69, 9.17) is 0 Å². The Morgan fingerprint density at radius 3 is 1.79 bits per heavy atom. The maximum atomic E-state index is 2.27. The molecule has 0 aliphatic rings. The van der Waals surface area contributed by atoms with E-state index in [9.17, 15) is 0 Å². The molecule has 19 heavy (non-hydrogen) atoms. The Morgan fingerprint density at radius 1 is 0.789 bits per heavy atom. The third kappa shape index (κ3) is 3.70. The molecule has 0 aliphatic heterocycles. The molecule has 0 aromatic heterocycles. The number of rotatable bonds is 5. The molecular formula is C19H24. The molecule has 0 saturated heterocycles. The van der Waals surface area contributed by atoms with Crippen molar-refractivity contribution in [3.05, 3.63) is 59.7 Å². The van der Waals surface area contributed by atoms with Gasteiger partial charge < -0.3 is 0 Å². The van der Waals surface area contributed by atoms with Crippen LogP contribution in [0.3, 0.4) is 0 Å². The van der Waals surface area contributed by atoms with Crippen molar-refractivity contribution in [1.82, 2.24) is 0 Å². The molecule has 2 aromatic rings. The van der Waals surface area contributed by atoms with E-state index in [1.165, 1.54) is 41.5 Å². The van der Waals surface area contributed by atoms with Gasteiger partial charge in [-0.25, -0.2) is 0 Å². The lowest BCUT2D eigenvalue weighted by molar-refractivity contribution is 0.795. The predicted octanol–water partition coefficient (Wildman–Crippen LogP) is 5.82. The van der Waals surface area contributed by atoms with Crippen LogP contribution in [0.15, 0.2) is 48.5 Å². The average molecular weight is 252 g/mol. The summed E-state index contributed by atoms with van der Waals surface area (Å²) in [4.78, 5) is 0. The van der Waals surface area contributed by atoms with Crippen molar-refractivity contribution >= 4 is 0 Å². The van der Waals surface area contributed by atoms with Crippen LogP contribution in [0.5, 0.6) is 0 Å². The normalized spacial score (nSPS) is 10.9. The molecule has 0 fully saturated rings. The Labute approximate surface area is 117 Å². The number of hydrogen-bond acceptors (Lipinski definition) is 0. The summed E-state index contributed by atoms with van der Waals surface area (Å²) in [6.45, 7) is 6.71. The molecule has 0 spiro atoms. The fourth-order valence-corrected chi connectivity index (χ4v) is 2.31. The zero-order valence-electron chi connectivity index (χ0n) is 12.3. The van der Waals surface area contributed by atoms with Gasteiger partial charge in [-0.1, -0.05) is 75.7 Å². The van der Waals surface area contributed by atoms with Gasteiger partial charge in [-0.3, -0.25) is 0 Å². The van der Waals surface area contributed by atoms with Gasteiger partial charge in [0.1, 0.15) is 0 Å². The van der Waals surface area contributed by atoms with Gasteiger partial charge in [-0.2, -0.15) is 0 Å². The smallest absolute Gasteiger partial charge is 0.0184 e. The largest absolute Gasteiger partial charge is 0.0654 e. The Hall–Kier alpha value is -1.56. The van der Waals surface area contributed by atoms with Crippen LogP contribution in [-0.4, -0.2) is 0 Å². The minimum absolute atomic E-state index is 0.602. The summed E-state index contributed by atoms with van der Waals surface area (Å²) in [6, 6.07) is 18.0. The lowest BCUT2D eigenvalue weighted by Gasteiger charge is -2.08. The second-order valence-electron chi connectivity index (χ2n) is 5.58. The molecule has 0 heterocycles. The standard InChI is InChI=1S/C19H24/c1-4-5-6-16-7-9-18(10-8-16)19-13-11-17(12-14-19)15(2)3/h7-15H,4-6H2,1-3H3. The highest BCUT2D eigenvalue weighted by atomic mass is 14.1. The van der Waals surface area contributed by atoms with Crippen LogP contribution in [0.4, 0.5) is 0 Å². The molecule has 0 saturated carbocycles. The number of benzene rings is 2. The van der Waals surface area contributed by atoms with Gasteiger partial charge in [0.05, 0.1) is 0 Å². The fraction of sp³-hybridized carbons (Fsp3) is 0.368. The minimum Gasteiger partial charge on any atom is -0.0654 e. The number of hydrogen-bond donors (Lipinski definition) is 0. The third-order valence-corrected chi connectivity index (χ3v) is 3.68. The molecule has 2 rings (SSSR count). The zero-order chi connectivity index (χ0) is 13.7. The van der Waals surface area contributed by atoms with Crippen molar-refractivity contribution in [2.75, 3.05) is 0 Å². The van der Waals surface area contributed by atoms with Crippen LogP contribution in [0.1, 0.15) is 50.7 Å². The maximum absolute atomic E-state index is 2.27. The molecule has 0 amide bonds. The summed E-state index contributed by atoms with van der Waals surface area (Å²) in [7, 11) is 0. The first-order valence-electron chi connectivity index (χ1n) is 7.40. The van der Waals surface area contributed by atoms with Gasteiger partial charge in [0.25, 0.3) is 0 Å². The fourth-order valence-electron chi connectivity index (χ4n) is 2.31. The monoisotopic (exact) mass is 252 g/mol. The van der Waals surface area contributed by atoms with Gasteiger partial charge in [0.15, 0.2) is 0 Å². The molecule has 100 valence electrons. The Balaban J connectivity index is 2.13. The van der Waals surface area contributed by atoms with Crippen LogP contribution < -0.4 is 0 Å². The van der Waals surface area contributed by atoms with Crippen molar-refractivity contribution in [2.45, 2.75) is 46.0 Å². The van der Waals surface area contributed by atoms with Gasteiger partial charge in [-0.05, 0) is 41.0 Å². The van der Waals surface area contributed by atoms with E-state index in [1.807, 2.05) is 0 Å². The number of unbranched alkanes of at least 4 members (excludes halogenated alkanes) is 1. The molecule has 2 aromatic carbocycles. The van der Waals surface area contributed by atoms with E-state index in [0.29, 0.717) is 5.92 Å². The summed E-state index contributed by atoms with van der Waals surface area (Å²) in [5.74, 6) is 0.602. The van der Waals surface area contributed by atoms with Gasteiger partial charge >= 0.3 is 0 Å². The summed E-state index contributed by atoms with van der Waals surface area (Å²) < 4.78 is 0. The van der Waals surface area contributed by atoms with Gasteiger partial charge in [-0.15, -0.1) is 0 Å². The Bertz CT molecular complexity index is 489. The van der Waals surface area contributed by atoms with Crippen LogP contribution >= 0.6 is 0 Å². The van der Waals surface area contributed by atoms with Crippen molar-refractivity contribution in [2.24, 2.45) is 0 Å². The first-order valence-corrected chi connectivity index (χ1v) is 7.40. The Morgan fingerprint density at radius 2 is 1.32 bits per heavy atom. The van der Waals surface area contributed by atoms with E-state index in [2.05, 4.69) is 69.3 Å². The molecule has 0 bridgehead atoms. The molecule has 0 unspecified atom stereocenters. The predicted molar refractivity (Wildman–Crippen MR) is 84.6 cm³/mol. The molecular weight excluding hydrogens is 228 g/mol. The van der Waals surface area contributed by atoms with Crippen molar-refractivity contribution in [1.29, 1.82) is 0 Å². The number of aryl methyl sites for hydroxylation is 1. The molecule has 0 aliphatic carbocycles. The van der Waals surface area contributed by atoms with Crippen molar-refractivity contribution < 1.29 is 0 Å². The summed E-state index contributed by atoms with van der Waals surface area (Å²) in [5, 5.41) is 0. The highest BCUT2D eigenvalue weighted by molar-refractivity contribution is 5.64. The molecule has 0 radical (unpaired) electrons. The highest BCUT2D eigenvalue weighted by Crippen LogP contribution is 2.23. The van der Waals surface area contributed by atoms with Crippen LogP contribution in [0.2, 0.25) is 0 Å². The zero-order valence-corrected chi connectivity index (χ0v) is 12.3. The van der Waals surface area contributed by atoms with E-state index in [-0.39, 0.29) is 0 Å². The molecule has 0 atom stereocenters. The van der Waals surface area contributed by atoms with Crippen LogP contribution in [0, 0.1) is 0 Å².